The van der Waals surface area contributed by atoms with Gasteiger partial charge in [0.1, 0.15) is 5.67 Å². The van der Waals surface area contributed by atoms with Crippen molar-refractivity contribution in [3.63, 3.8) is 0 Å². The van der Waals surface area contributed by atoms with Crippen LogP contribution < -0.4 is 11.5 Å². The fourth-order valence-electron chi connectivity index (χ4n) is 0.411. The molecule has 52 valence electrons. The van der Waals surface area contributed by atoms with E-state index in [1.54, 1.807) is 0 Å². The lowest BCUT2D eigenvalue weighted by Gasteiger charge is -2.17. The predicted molar refractivity (Wildman–Crippen MR) is 35.4 cm³/mol. The number of alkyl halides is 1. The van der Waals surface area contributed by atoms with Gasteiger partial charge in [-0.3, -0.25) is 0 Å². The summed E-state index contributed by atoms with van der Waals surface area (Å²) in [5.74, 6) is 2.18. The van der Waals surface area contributed by atoms with E-state index in [4.69, 9.17) is 17.9 Å². The monoisotopic (exact) mass is 130 g/mol. The van der Waals surface area contributed by atoms with E-state index in [0.717, 1.165) is 0 Å². The second-order valence-corrected chi connectivity index (χ2v) is 1.94. The molecule has 4 N–H and O–H groups in total. The van der Waals surface area contributed by atoms with Crippen LogP contribution in [0, 0.1) is 12.3 Å². The predicted octanol–water partition coefficient (Wildman–Crippen LogP) is -0.365. The van der Waals surface area contributed by atoms with Crippen molar-refractivity contribution in [2.24, 2.45) is 11.5 Å². The summed E-state index contributed by atoms with van der Waals surface area (Å²) in [6.07, 6.45) is 4.86. The minimum atomic E-state index is -1.55. The van der Waals surface area contributed by atoms with Crippen LogP contribution in [0.4, 0.5) is 4.39 Å². The van der Waals surface area contributed by atoms with E-state index < -0.39 is 5.67 Å². The van der Waals surface area contributed by atoms with E-state index in [9.17, 15) is 4.39 Å². The van der Waals surface area contributed by atoms with E-state index in [1.165, 1.54) is 0 Å². The quantitative estimate of drug-likeness (QED) is 0.512. The lowest BCUT2D eigenvalue weighted by Crippen LogP contribution is -2.40. The topological polar surface area (TPSA) is 52.0 Å². The first-order chi connectivity index (χ1) is 4.18. The number of hydrogen-bond acceptors (Lipinski definition) is 2. The van der Waals surface area contributed by atoms with Crippen LogP contribution >= 0.6 is 0 Å². The molecule has 0 amide bonds. The molecule has 0 aliphatic rings. The molecule has 9 heavy (non-hydrogen) atoms. The first kappa shape index (κ1) is 8.41. The maximum atomic E-state index is 12.9. The van der Waals surface area contributed by atoms with Gasteiger partial charge in [-0.15, -0.1) is 12.3 Å². The van der Waals surface area contributed by atoms with Crippen molar-refractivity contribution >= 4 is 0 Å². The first-order valence-electron chi connectivity index (χ1n) is 2.71. The van der Waals surface area contributed by atoms with Crippen LogP contribution in [0.1, 0.15) is 6.42 Å². The molecule has 0 aromatic carbocycles. The highest BCUT2D eigenvalue weighted by atomic mass is 19.1. The van der Waals surface area contributed by atoms with Crippen molar-refractivity contribution in [2.75, 3.05) is 13.1 Å². The summed E-state index contributed by atoms with van der Waals surface area (Å²) in [6, 6.07) is 0. The highest BCUT2D eigenvalue weighted by Crippen LogP contribution is 2.10. The van der Waals surface area contributed by atoms with Gasteiger partial charge in [0.05, 0.1) is 0 Å². The number of terminal acetylenes is 1. The Morgan fingerprint density at radius 1 is 1.44 bits per heavy atom. The molecule has 0 spiro atoms. The fraction of sp³-hybridized carbons (Fsp3) is 0.667. The van der Waals surface area contributed by atoms with Crippen molar-refractivity contribution in [3.8, 4) is 12.3 Å². The molecule has 0 aromatic rings. The third-order valence-corrected chi connectivity index (χ3v) is 1.15. The van der Waals surface area contributed by atoms with Gasteiger partial charge in [0.15, 0.2) is 0 Å². The SMILES string of the molecule is C#CCC(F)(CN)CN. The van der Waals surface area contributed by atoms with Gasteiger partial charge in [0.2, 0.25) is 0 Å². The molecule has 0 aromatic heterocycles. The fourth-order valence-corrected chi connectivity index (χ4v) is 0.411. The van der Waals surface area contributed by atoms with E-state index in [2.05, 4.69) is 5.92 Å². The van der Waals surface area contributed by atoms with Gasteiger partial charge in [-0.05, 0) is 0 Å². The van der Waals surface area contributed by atoms with E-state index >= 15 is 0 Å². The zero-order valence-electron chi connectivity index (χ0n) is 5.23. The molecule has 0 aliphatic carbocycles. The summed E-state index contributed by atoms with van der Waals surface area (Å²) in [7, 11) is 0. The van der Waals surface area contributed by atoms with Gasteiger partial charge in [0.25, 0.3) is 0 Å². The van der Waals surface area contributed by atoms with E-state index in [1.807, 2.05) is 0 Å². The van der Waals surface area contributed by atoms with Gasteiger partial charge < -0.3 is 11.5 Å². The van der Waals surface area contributed by atoms with Gasteiger partial charge >= 0.3 is 0 Å². The molecule has 0 heterocycles. The Morgan fingerprint density at radius 3 is 2.00 bits per heavy atom. The van der Waals surface area contributed by atoms with Crippen LogP contribution in [0.3, 0.4) is 0 Å². The second-order valence-electron chi connectivity index (χ2n) is 1.94. The largest absolute Gasteiger partial charge is 0.327 e. The molecule has 0 radical (unpaired) electrons. The normalized spacial score (nSPS) is 10.9. The molecule has 0 rings (SSSR count). The Balaban J connectivity index is 3.80. The van der Waals surface area contributed by atoms with Crippen LogP contribution in [0.2, 0.25) is 0 Å². The Bertz CT molecular complexity index is 113. The average Bonchev–Trinajstić information content (AvgIpc) is 1.89. The molecule has 0 saturated heterocycles. The maximum absolute atomic E-state index is 12.9. The summed E-state index contributed by atoms with van der Waals surface area (Å²) in [4.78, 5) is 0. The van der Waals surface area contributed by atoms with Gasteiger partial charge in [-0.25, -0.2) is 4.39 Å². The number of rotatable bonds is 3. The van der Waals surface area contributed by atoms with E-state index in [0.29, 0.717) is 0 Å². The molecule has 0 unspecified atom stereocenters. The summed E-state index contributed by atoms with van der Waals surface area (Å²) in [6.45, 7) is -0.207. The molecule has 0 aliphatic heterocycles. The standard InChI is InChI=1S/C6H11FN2/c1-2-3-6(7,4-8)5-9/h1H,3-5,8-9H2. The summed E-state index contributed by atoms with van der Waals surface area (Å²) in [5.41, 5.74) is 8.56. The molecule has 0 fully saturated rings. The van der Waals surface area contributed by atoms with Crippen LogP contribution in [-0.4, -0.2) is 18.8 Å². The lowest BCUT2D eigenvalue weighted by atomic mass is 10.0. The smallest absolute Gasteiger partial charge is 0.146 e. The molecule has 0 bridgehead atoms. The summed E-state index contributed by atoms with van der Waals surface area (Å²) < 4.78 is 12.9. The van der Waals surface area contributed by atoms with Crippen molar-refractivity contribution < 1.29 is 4.39 Å². The Hall–Kier alpha value is -0.590. The lowest BCUT2D eigenvalue weighted by molar-refractivity contribution is 0.191. The van der Waals surface area contributed by atoms with Gasteiger partial charge in [0, 0.05) is 19.5 Å². The third-order valence-electron chi connectivity index (χ3n) is 1.15. The number of hydrogen-bond donors (Lipinski definition) is 2. The van der Waals surface area contributed by atoms with Gasteiger partial charge in [-0.1, -0.05) is 0 Å². The molecule has 2 nitrogen and oxygen atoms in total. The second kappa shape index (κ2) is 3.44. The van der Waals surface area contributed by atoms with Crippen molar-refractivity contribution in [1.82, 2.24) is 0 Å². The van der Waals surface area contributed by atoms with Crippen LogP contribution in [0.15, 0.2) is 0 Å². The van der Waals surface area contributed by atoms with Crippen LogP contribution in [0.5, 0.6) is 0 Å². The minimum absolute atomic E-state index is 0. The zero-order valence-corrected chi connectivity index (χ0v) is 5.23. The first-order valence-corrected chi connectivity index (χ1v) is 2.71. The average molecular weight is 130 g/mol. The number of nitrogens with two attached hydrogens (primary N) is 2. The summed E-state index contributed by atoms with van der Waals surface area (Å²) >= 11 is 0. The number of halogens is 1. The zero-order chi connectivity index (χ0) is 7.33. The van der Waals surface area contributed by atoms with Gasteiger partial charge in [-0.2, -0.15) is 0 Å². The van der Waals surface area contributed by atoms with Crippen LogP contribution in [-0.2, 0) is 0 Å². The molecular formula is C6H11FN2. The summed E-state index contributed by atoms with van der Waals surface area (Å²) in [5, 5.41) is 0. The molecule has 0 saturated carbocycles. The van der Waals surface area contributed by atoms with Crippen molar-refractivity contribution in [2.45, 2.75) is 12.1 Å². The molecule has 3 heteroatoms. The highest BCUT2D eigenvalue weighted by molar-refractivity contribution is 4.96. The minimum Gasteiger partial charge on any atom is -0.327 e. The Morgan fingerprint density at radius 2 is 1.89 bits per heavy atom. The highest BCUT2D eigenvalue weighted by Gasteiger charge is 2.24. The van der Waals surface area contributed by atoms with E-state index in [-0.39, 0.29) is 19.5 Å². The molecular weight excluding hydrogens is 119 g/mol. The third kappa shape index (κ3) is 2.45. The van der Waals surface area contributed by atoms with Crippen molar-refractivity contribution in [3.05, 3.63) is 0 Å². The Kier molecular flexibility index (Phi) is 3.21. The van der Waals surface area contributed by atoms with Crippen molar-refractivity contribution in [1.29, 1.82) is 0 Å². The Labute approximate surface area is 54.4 Å². The molecule has 0 atom stereocenters. The maximum Gasteiger partial charge on any atom is 0.146 e. The van der Waals surface area contributed by atoms with Crippen LogP contribution in [0.25, 0.3) is 0 Å².